The summed E-state index contributed by atoms with van der Waals surface area (Å²) < 4.78 is 6.16. The van der Waals surface area contributed by atoms with Crippen LogP contribution < -0.4 is 21.3 Å². The average Bonchev–Trinajstić information content (AvgIpc) is 3.60. The Morgan fingerprint density at radius 3 is 2.54 bits per heavy atom. The van der Waals surface area contributed by atoms with E-state index in [2.05, 4.69) is 26.9 Å². The number of nitrogens with zero attached hydrogens (tertiary/aromatic N) is 4. The number of ketones is 1. The molecule has 1 atom stereocenters. The van der Waals surface area contributed by atoms with Crippen molar-refractivity contribution in [3.05, 3.63) is 71.1 Å². The number of hydrogen-bond donors (Lipinski definition) is 3. The molecule has 5 rings (SSSR count). The number of benzene rings is 1. The lowest BCUT2D eigenvalue weighted by Gasteiger charge is -2.42. The second-order valence-electron chi connectivity index (χ2n) is 10.4. The van der Waals surface area contributed by atoms with Crippen LogP contribution in [0, 0.1) is 16.7 Å². The molecule has 0 bridgehead atoms. The van der Waals surface area contributed by atoms with Crippen LogP contribution in [0.15, 0.2) is 74.1 Å². The Balaban J connectivity index is 1.37. The third kappa shape index (κ3) is 5.89. The fraction of sp³-hybridized carbons (Fsp3) is 0.286. The van der Waals surface area contributed by atoms with E-state index < -0.39 is 5.92 Å². The highest BCUT2D eigenvalue weighted by Gasteiger charge is 2.46. The number of allylic oxidation sites excluding steroid dienone is 3. The lowest BCUT2D eigenvalue weighted by Crippen LogP contribution is -2.42. The fourth-order valence-electron chi connectivity index (χ4n) is 4.98. The molecule has 0 saturated carbocycles. The second-order valence-corrected chi connectivity index (χ2v) is 12.6. The molecule has 3 heterocycles. The van der Waals surface area contributed by atoms with E-state index in [1.807, 2.05) is 13.8 Å². The van der Waals surface area contributed by atoms with Crippen LogP contribution in [0.5, 0.6) is 0 Å². The Kier molecular flexibility index (Phi) is 7.70. The first-order valence-corrected chi connectivity index (χ1v) is 14.5. The van der Waals surface area contributed by atoms with E-state index in [9.17, 15) is 19.6 Å². The van der Waals surface area contributed by atoms with E-state index in [1.54, 1.807) is 41.3 Å². The molecule has 13 heteroatoms. The number of carbonyl (C=O) groups is 3. The van der Waals surface area contributed by atoms with Crippen molar-refractivity contribution in [1.82, 2.24) is 10.2 Å². The quantitative estimate of drug-likeness (QED) is 0.327. The van der Waals surface area contributed by atoms with Gasteiger partial charge >= 0.3 is 0 Å². The van der Waals surface area contributed by atoms with Gasteiger partial charge < -0.3 is 20.8 Å². The van der Waals surface area contributed by atoms with E-state index >= 15 is 0 Å². The molecule has 0 radical (unpaired) electrons. The van der Waals surface area contributed by atoms with Crippen molar-refractivity contribution >= 4 is 57.2 Å². The van der Waals surface area contributed by atoms with Crippen LogP contribution in [0.4, 0.5) is 16.5 Å². The summed E-state index contributed by atoms with van der Waals surface area (Å²) in [6, 6.07) is 12.4. The van der Waals surface area contributed by atoms with Crippen molar-refractivity contribution in [2.24, 2.45) is 11.1 Å². The highest BCUT2D eigenvalue weighted by Crippen LogP contribution is 2.50. The summed E-state index contributed by atoms with van der Waals surface area (Å²) in [5.74, 6) is -0.443. The number of amides is 2. The van der Waals surface area contributed by atoms with Gasteiger partial charge in [-0.1, -0.05) is 36.9 Å². The van der Waals surface area contributed by atoms with Crippen molar-refractivity contribution in [1.29, 1.82) is 5.26 Å². The van der Waals surface area contributed by atoms with Gasteiger partial charge in [-0.3, -0.25) is 19.3 Å². The second kappa shape index (κ2) is 11.2. The standard InChI is InChI=1S/C28H27N7O4S2/c1-15(36)31-16-6-8-17(9-7-16)32-22(38)14-40-27-34-33-26(41-27)35-19-11-28(2,3)12-20(37)24(19)23(18(13-29)25(35)30)21-5-4-10-39-21/h4-10,23H,11-12,14,30H2,1-3H3,(H,31,36)(H,32,38). The molecule has 41 heavy (non-hydrogen) atoms. The zero-order chi connectivity index (χ0) is 29.3. The van der Waals surface area contributed by atoms with Gasteiger partial charge in [0.25, 0.3) is 0 Å². The maximum absolute atomic E-state index is 13.5. The maximum Gasteiger partial charge on any atom is 0.234 e. The number of carbonyl (C=O) groups excluding carboxylic acids is 3. The Bertz CT molecular complexity index is 1620. The van der Waals surface area contributed by atoms with E-state index in [1.165, 1.54) is 36.3 Å². The first-order chi connectivity index (χ1) is 19.6. The van der Waals surface area contributed by atoms with Crippen LogP contribution in [-0.2, 0) is 14.4 Å². The molecular weight excluding hydrogens is 562 g/mol. The number of hydrogen-bond acceptors (Lipinski definition) is 11. The minimum Gasteiger partial charge on any atom is -0.468 e. The Labute approximate surface area is 244 Å². The molecule has 0 spiro atoms. The molecule has 1 unspecified atom stereocenters. The molecule has 3 aromatic rings. The summed E-state index contributed by atoms with van der Waals surface area (Å²) in [6.45, 7) is 5.46. The van der Waals surface area contributed by atoms with Gasteiger partial charge in [-0.15, -0.1) is 10.2 Å². The Morgan fingerprint density at radius 1 is 1.20 bits per heavy atom. The van der Waals surface area contributed by atoms with Gasteiger partial charge in [0, 0.05) is 36.0 Å². The normalized spacial score (nSPS) is 18.1. The number of nitrogens with two attached hydrogens (primary N) is 1. The first-order valence-electron chi connectivity index (χ1n) is 12.7. The maximum atomic E-state index is 13.5. The van der Waals surface area contributed by atoms with Crippen LogP contribution in [0.25, 0.3) is 0 Å². The molecule has 2 aromatic heterocycles. The largest absolute Gasteiger partial charge is 0.468 e. The highest BCUT2D eigenvalue weighted by molar-refractivity contribution is 8.01. The van der Waals surface area contributed by atoms with Crippen LogP contribution >= 0.6 is 23.1 Å². The number of rotatable bonds is 7. The molecule has 0 saturated heterocycles. The van der Waals surface area contributed by atoms with Gasteiger partial charge in [0.15, 0.2) is 10.1 Å². The van der Waals surface area contributed by atoms with Crippen LogP contribution in [-0.4, -0.2) is 33.5 Å². The van der Waals surface area contributed by atoms with Crippen molar-refractivity contribution in [3.8, 4) is 6.07 Å². The lowest BCUT2D eigenvalue weighted by molar-refractivity contribution is -0.118. The summed E-state index contributed by atoms with van der Waals surface area (Å²) in [7, 11) is 0. The molecule has 210 valence electrons. The number of thioether (sulfide) groups is 1. The smallest absolute Gasteiger partial charge is 0.234 e. The summed E-state index contributed by atoms with van der Waals surface area (Å²) in [6.07, 6.45) is 2.38. The molecule has 2 amide bonds. The highest BCUT2D eigenvalue weighted by atomic mass is 32.2. The zero-order valence-corrected chi connectivity index (χ0v) is 24.2. The van der Waals surface area contributed by atoms with Gasteiger partial charge in [0.1, 0.15) is 11.6 Å². The van der Waals surface area contributed by atoms with Crippen LogP contribution in [0.3, 0.4) is 0 Å². The van der Waals surface area contributed by atoms with Crippen LogP contribution in [0.2, 0.25) is 0 Å². The molecular formula is C28H27N7O4S2. The fourth-order valence-corrected chi connectivity index (χ4v) is 6.66. The third-order valence-electron chi connectivity index (χ3n) is 6.61. The zero-order valence-electron chi connectivity index (χ0n) is 22.6. The average molecular weight is 590 g/mol. The van der Waals surface area contributed by atoms with Crippen LogP contribution in [0.1, 0.15) is 45.3 Å². The molecule has 0 fully saturated rings. The number of aromatic nitrogens is 2. The predicted molar refractivity (Wildman–Crippen MR) is 156 cm³/mol. The molecule has 1 aliphatic heterocycles. The summed E-state index contributed by atoms with van der Waals surface area (Å²) >= 11 is 2.43. The topological polar surface area (TPSA) is 167 Å². The number of nitriles is 1. The first kappa shape index (κ1) is 28.1. The van der Waals surface area contributed by atoms with Gasteiger partial charge in [0.05, 0.1) is 29.6 Å². The number of anilines is 3. The summed E-state index contributed by atoms with van der Waals surface area (Å²) in [4.78, 5) is 38.9. The summed E-state index contributed by atoms with van der Waals surface area (Å²) in [5.41, 5.74) is 8.87. The molecule has 2 aliphatic rings. The van der Waals surface area contributed by atoms with Crippen molar-refractivity contribution in [3.63, 3.8) is 0 Å². The minimum atomic E-state index is -0.692. The number of nitrogens with one attached hydrogen (secondary N) is 2. The van der Waals surface area contributed by atoms with Gasteiger partial charge in [-0.05, 0) is 48.2 Å². The van der Waals surface area contributed by atoms with Crippen molar-refractivity contribution in [2.45, 2.75) is 43.9 Å². The van der Waals surface area contributed by atoms with Gasteiger partial charge in [-0.2, -0.15) is 5.26 Å². The Morgan fingerprint density at radius 2 is 1.90 bits per heavy atom. The predicted octanol–water partition coefficient (Wildman–Crippen LogP) is 4.76. The monoisotopic (exact) mass is 589 g/mol. The summed E-state index contributed by atoms with van der Waals surface area (Å²) in [5, 5.41) is 24.6. The number of Topliss-reactive ketones (excluding diaryl/α,β-unsaturated/α-hetero) is 1. The third-order valence-corrected chi connectivity index (χ3v) is 8.65. The van der Waals surface area contributed by atoms with E-state index in [4.69, 9.17) is 10.2 Å². The van der Waals surface area contributed by atoms with Crippen molar-refractivity contribution < 1.29 is 18.8 Å². The van der Waals surface area contributed by atoms with Gasteiger partial charge in [-0.25, -0.2) is 0 Å². The van der Waals surface area contributed by atoms with Gasteiger partial charge in [0.2, 0.25) is 16.9 Å². The molecule has 1 aliphatic carbocycles. The SMILES string of the molecule is CC(=O)Nc1ccc(NC(=O)CSc2nnc(N3C(N)=C(C#N)C(c4ccco4)C4=C3CC(C)(C)CC4=O)s2)cc1. The minimum absolute atomic E-state index is 0.0659. The van der Waals surface area contributed by atoms with Crippen molar-refractivity contribution in [2.75, 3.05) is 21.3 Å². The molecule has 1 aromatic carbocycles. The molecule has 4 N–H and O–H groups in total. The lowest BCUT2D eigenvalue weighted by atomic mass is 9.69. The van der Waals surface area contributed by atoms with E-state index in [0.717, 1.165) is 0 Å². The Hall–Kier alpha value is -4.41. The molecule has 11 nitrogen and oxygen atoms in total. The number of furan rings is 1. The van der Waals surface area contributed by atoms with E-state index in [-0.39, 0.29) is 40.2 Å². The van der Waals surface area contributed by atoms with E-state index in [0.29, 0.717) is 50.7 Å².